The molecule has 0 aliphatic rings. The SMILES string of the molecule is CCN(CCNC(=O)c1[nH]c2ccccc2c1Cl)c1ccccc1C. The molecule has 0 fully saturated rings. The Kier molecular flexibility index (Phi) is 5.29. The predicted octanol–water partition coefficient (Wildman–Crippen LogP) is 4.39. The summed E-state index contributed by atoms with van der Waals surface area (Å²) < 4.78 is 0. The van der Waals surface area contributed by atoms with E-state index in [9.17, 15) is 4.79 Å². The second-order valence-electron chi connectivity index (χ2n) is 5.98. The van der Waals surface area contributed by atoms with E-state index in [4.69, 9.17) is 11.6 Å². The lowest BCUT2D eigenvalue weighted by Crippen LogP contribution is -2.35. The third kappa shape index (κ3) is 3.64. The first kappa shape index (κ1) is 17.4. The summed E-state index contributed by atoms with van der Waals surface area (Å²) in [5, 5.41) is 4.30. The number of aryl methyl sites for hydroxylation is 1. The standard InChI is InChI=1S/C20H22ClN3O/c1-3-24(17-11-7-4-8-14(17)2)13-12-22-20(25)19-18(21)15-9-5-6-10-16(15)23-19/h4-11,23H,3,12-13H2,1-2H3,(H,22,25). The number of benzene rings is 2. The molecule has 0 saturated carbocycles. The molecule has 25 heavy (non-hydrogen) atoms. The van der Waals surface area contributed by atoms with Crippen LogP contribution >= 0.6 is 11.6 Å². The smallest absolute Gasteiger partial charge is 0.269 e. The normalized spacial score (nSPS) is 10.8. The highest BCUT2D eigenvalue weighted by Gasteiger charge is 2.16. The molecule has 1 heterocycles. The van der Waals surface area contributed by atoms with Crippen LogP contribution in [-0.4, -0.2) is 30.5 Å². The van der Waals surface area contributed by atoms with E-state index in [0.29, 0.717) is 17.3 Å². The number of hydrogen-bond acceptors (Lipinski definition) is 2. The van der Waals surface area contributed by atoms with Crippen LogP contribution in [0.2, 0.25) is 5.02 Å². The Morgan fingerprint density at radius 3 is 2.60 bits per heavy atom. The van der Waals surface area contributed by atoms with Gasteiger partial charge in [0.2, 0.25) is 0 Å². The summed E-state index contributed by atoms with van der Waals surface area (Å²) in [6, 6.07) is 15.9. The molecule has 0 aliphatic heterocycles. The second kappa shape index (κ2) is 7.62. The maximum absolute atomic E-state index is 12.5. The van der Waals surface area contributed by atoms with Crippen molar-refractivity contribution in [2.75, 3.05) is 24.5 Å². The zero-order valence-electron chi connectivity index (χ0n) is 14.5. The van der Waals surface area contributed by atoms with E-state index < -0.39 is 0 Å². The molecule has 3 aromatic rings. The van der Waals surface area contributed by atoms with Gasteiger partial charge in [0.15, 0.2) is 0 Å². The maximum atomic E-state index is 12.5. The van der Waals surface area contributed by atoms with Crippen LogP contribution < -0.4 is 10.2 Å². The average molecular weight is 356 g/mol. The first-order valence-electron chi connectivity index (χ1n) is 8.46. The van der Waals surface area contributed by atoms with Gasteiger partial charge in [-0.2, -0.15) is 0 Å². The number of anilines is 1. The van der Waals surface area contributed by atoms with Crippen molar-refractivity contribution in [3.63, 3.8) is 0 Å². The Morgan fingerprint density at radius 2 is 1.88 bits per heavy atom. The highest BCUT2D eigenvalue weighted by Crippen LogP contribution is 2.27. The Balaban J connectivity index is 1.65. The van der Waals surface area contributed by atoms with Crippen molar-refractivity contribution < 1.29 is 4.79 Å². The van der Waals surface area contributed by atoms with Crippen LogP contribution in [0.3, 0.4) is 0 Å². The van der Waals surface area contributed by atoms with E-state index in [1.165, 1.54) is 11.3 Å². The van der Waals surface area contributed by atoms with E-state index in [-0.39, 0.29) is 5.91 Å². The van der Waals surface area contributed by atoms with Crippen molar-refractivity contribution >= 4 is 34.1 Å². The van der Waals surface area contributed by atoms with Crippen molar-refractivity contribution in [1.29, 1.82) is 0 Å². The van der Waals surface area contributed by atoms with Gasteiger partial charge < -0.3 is 15.2 Å². The van der Waals surface area contributed by atoms with Crippen LogP contribution in [0, 0.1) is 6.92 Å². The number of carbonyl (C=O) groups is 1. The van der Waals surface area contributed by atoms with Crippen LogP contribution in [0.5, 0.6) is 0 Å². The summed E-state index contributed by atoms with van der Waals surface area (Å²) in [4.78, 5) is 17.8. The molecule has 3 rings (SSSR count). The third-order valence-corrected chi connectivity index (χ3v) is 4.77. The van der Waals surface area contributed by atoms with Gasteiger partial charge in [-0.3, -0.25) is 4.79 Å². The molecule has 0 atom stereocenters. The molecule has 130 valence electrons. The molecule has 2 N–H and O–H groups in total. The van der Waals surface area contributed by atoms with Gasteiger partial charge in [0, 0.05) is 36.2 Å². The maximum Gasteiger partial charge on any atom is 0.269 e. The number of rotatable bonds is 6. The quantitative estimate of drug-likeness (QED) is 0.689. The minimum atomic E-state index is -0.179. The Labute approximate surface area is 152 Å². The number of para-hydroxylation sites is 2. The largest absolute Gasteiger partial charge is 0.370 e. The lowest BCUT2D eigenvalue weighted by molar-refractivity contribution is 0.0950. The van der Waals surface area contributed by atoms with Crippen LogP contribution in [-0.2, 0) is 0 Å². The van der Waals surface area contributed by atoms with Gasteiger partial charge in [0.05, 0.1) is 5.02 Å². The van der Waals surface area contributed by atoms with Gasteiger partial charge in [-0.25, -0.2) is 0 Å². The van der Waals surface area contributed by atoms with Crippen molar-refractivity contribution in [3.05, 3.63) is 64.8 Å². The highest BCUT2D eigenvalue weighted by molar-refractivity contribution is 6.38. The van der Waals surface area contributed by atoms with Gasteiger partial charge in [0.25, 0.3) is 5.91 Å². The summed E-state index contributed by atoms with van der Waals surface area (Å²) in [6.07, 6.45) is 0. The fraction of sp³-hybridized carbons (Fsp3) is 0.250. The van der Waals surface area contributed by atoms with Crippen LogP contribution in [0.4, 0.5) is 5.69 Å². The molecule has 4 nitrogen and oxygen atoms in total. The molecule has 0 aliphatic carbocycles. The minimum Gasteiger partial charge on any atom is -0.370 e. The number of nitrogens with one attached hydrogen (secondary N) is 2. The number of H-pyrrole nitrogens is 1. The predicted molar refractivity (Wildman–Crippen MR) is 105 cm³/mol. The first-order valence-corrected chi connectivity index (χ1v) is 8.84. The number of fused-ring (bicyclic) bond motifs is 1. The third-order valence-electron chi connectivity index (χ3n) is 4.37. The van der Waals surface area contributed by atoms with Crippen molar-refractivity contribution in [1.82, 2.24) is 10.3 Å². The zero-order valence-corrected chi connectivity index (χ0v) is 15.2. The second-order valence-corrected chi connectivity index (χ2v) is 6.36. The molecule has 0 saturated heterocycles. The lowest BCUT2D eigenvalue weighted by atomic mass is 10.2. The topological polar surface area (TPSA) is 48.1 Å². The molecule has 5 heteroatoms. The average Bonchev–Trinajstić information content (AvgIpc) is 2.97. The molecule has 0 spiro atoms. The van der Waals surface area contributed by atoms with E-state index in [2.05, 4.69) is 41.2 Å². The Bertz CT molecular complexity index is 888. The van der Waals surface area contributed by atoms with Gasteiger partial charge in [-0.15, -0.1) is 0 Å². The van der Waals surface area contributed by atoms with Crippen molar-refractivity contribution in [2.45, 2.75) is 13.8 Å². The summed E-state index contributed by atoms with van der Waals surface area (Å²) in [6.45, 7) is 6.38. The number of hydrogen-bond donors (Lipinski definition) is 2. The van der Waals surface area contributed by atoms with Gasteiger partial charge in [-0.1, -0.05) is 48.0 Å². The number of likely N-dealkylation sites (N-methyl/N-ethyl adjacent to an activating group) is 1. The first-order chi connectivity index (χ1) is 12.1. The minimum absolute atomic E-state index is 0.179. The van der Waals surface area contributed by atoms with Crippen molar-refractivity contribution in [3.8, 4) is 0 Å². The number of aromatic amines is 1. The highest BCUT2D eigenvalue weighted by atomic mass is 35.5. The Morgan fingerprint density at radius 1 is 1.16 bits per heavy atom. The van der Waals surface area contributed by atoms with E-state index >= 15 is 0 Å². The molecule has 0 radical (unpaired) electrons. The summed E-state index contributed by atoms with van der Waals surface area (Å²) in [7, 11) is 0. The molecule has 0 unspecified atom stereocenters. The molecular weight excluding hydrogens is 334 g/mol. The molecular formula is C20H22ClN3O. The number of carbonyl (C=O) groups excluding carboxylic acids is 1. The molecule has 1 amide bonds. The fourth-order valence-corrected chi connectivity index (χ4v) is 3.32. The van der Waals surface area contributed by atoms with E-state index in [0.717, 1.165) is 24.0 Å². The monoisotopic (exact) mass is 355 g/mol. The number of nitrogens with zero attached hydrogens (tertiary/aromatic N) is 1. The van der Waals surface area contributed by atoms with Gasteiger partial charge >= 0.3 is 0 Å². The molecule has 0 bridgehead atoms. The zero-order chi connectivity index (χ0) is 17.8. The van der Waals surface area contributed by atoms with Gasteiger partial charge in [-0.05, 0) is 31.5 Å². The number of aromatic nitrogens is 1. The lowest BCUT2D eigenvalue weighted by Gasteiger charge is -2.25. The van der Waals surface area contributed by atoms with Crippen molar-refractivity contribution in [2.24, 2.45) is 0 Å². The number of amides is 1. The number of halogens is 1. The Hall–Kier alpha value is -2.46. The van der Waals surface area contributed by atoms with E-state index in [1.54, 1.807) is 0 Å². The summed E-state index contributed by atoms with van der Waals surface area (Å²) in [5.41, 5.74) is 3.71. The van der Waals surface area contributed by atoms with Crippen LogP contribution in [0.15, 0.2) is 48.5 Å². The fourth-order valence-electron chi connectivity index (χ4n) is 3.02. The molecule has 1 aromatic heterocycles. The summed E-state index contributed by atoms with van der Waals surface area (Å²) >= 11 is 6.33. The van der Waals surface area contributed by atoms with Crippen LogP contribution in [0.1, 0.15) is 23.0 Å². The van der Waals surface area contributed by atoms with Crippen LogP contribution in [0.25, 0.3) is 10.9 Å². The van der Waals surface area contributed by atoms with Gasteiger partial charge in [0.1, 0.15) is 5.69 Å². The summed E-state index contributed by atoms with van der Waals surface area (Å²) in [5.74, 6) is -0.179. The van der Waals surface area contributed by atoms with E-state index in [1.807, 2.05) is 36.4 Å². The molecule has 2 aromatic carbocycles.